The molecule has 0 unspecified atom stereocenters. The molecule has 0 amide bonds. The predicted molar refractivity (Wildman–Crippen MR) is 247 cm³/mol. The van der Waals surface area contributed by atoms with Crippen molar-refractivity contribution in [3.8, 4) is 138 Å². The van der Waals surface area contributed by atoms with Crippen molar-refractivity contribution in [3.63, 3.8) is 0 Å². The summed E-state index contributed by atoms with van der Waals surface area (Å²) in [5, 5.41) is 62.9. The monoisotopic (exact) mass is 864 g/mol. The maximum Gasteiger partial charge on any atom is 0.123 e. The average molecular weight is 865 g/mol. The lowest BCUT2D eigenvalue weighted by Gasteiger charge is -2.30. The van der Waals surface area contributed by atoms with Gasteiger partial charge >= 0.3 is 0 Å². The molecule has 0 aromatic heterocycles. The Hall–Kier alpha value is -9.72. The maximum absolute atomic E-state index is 10.5. The van der Waals surface area contributed by atoms with Gasteiger partial charge in [-0.05, 0) is 158 Å². The molecule has 12 nitrogen and oxygen atoms in total. The second kappa shape index (κ2) is 19.1. The first-order chi connectivity index (χ1) is 32.1. The molecule has 7 aromatic carbocycles. The van der Waals surface area contributed by atoms with E-state index in [4.69, 9.17) is 28.4 Å². The van der Waals surface area contributed by atoms with Crippen molar-refractivity contribution in [2.75, 3.05) is 42.7 Å². The minimum absolute atomic E-state index is 0.175. The van der Waals surface area contributed by atoms with Gasteiger partial charge in [0.25, 0.3) is 0 Å². The lowest BCUT2D eigenvalue weighted by molar-refractivity contribution is 0.394. The van der Waals surface area contributed by atoms with Crippen LogP contribution in [0.5, 0.6) is 34.5 Å². The molecule has 0 aliphatic heterocycles. The summed E-state index contributed by atoms with van der Waals surface area (Å²) in [6.45, 7) is 0. The quantitative estimate of drug-likeness (QED) is 0.113. The van der Waals surface area contributed by atoms with Crippen LogP contribution in [0.15, 0.2) is 109 Å². The van der Waals surface area contributed by atoms with Crippen LogP contribution in [0, 0.1) is 68.0 Å². The second-order valence-corrected chi connectivity index (χ2v) is 14.6. The number of nitrogens with zero attached hydrogens (tertiary/aromatic N) is 6. The molecule has 0 bridgehead atoms. The molecule has 66 heavy (non-hydrogen) atoms. The van der Waals surface area contributed by atoms with Gasteiger partial charge in [-0.2, -0.15) is 31.6 Å². The number of hydrogen-bond donors (Lipinski definition) is 0. The van der Waals surface area contributed by atoms with Crippen LogP contribution in [0.4, 0.5) is 0 Å². The van der Waals surface area contributed by atoms with E-state index in [-0.39, 0.29) is 33.4 Å². The van der Waals surface area contributed by atoms with Crippen LogP contribution in [0.2, 0.25) is 0 Å². The zero-order valence-corrected chi connectivity index (χ0v) is 36.5. The summed E-state index contributed by atoms with van der Waals surface area (Å²) < 4.78 is 35.2. The van der Waals surface area contributed by atoms with Crippen molar-refractivity contribution in [1.82, 2.24) is 0 Å². The summed E-state index contributed by atoms with van der Waals surface area (Å²) in [5.74, 6) is 2.45. The molecule has 0 N–H and O–H groups in total. The zero-order chi connectivity index (χ0) is 47.1. The van der Waals surface area contributed by atoms with E-state index < -0.39 is 0 Å². The lowest BCUT2D eigenvalue weighted by atomic mass is 9.73. The Morgan fingerprint density at radius 2 is 0.379 bits per heavy atom. The number of nitriles is 6. The van der Waals surface area contributed by atoms with Gasteiger partial charge in [0, 0.05) is 18.2 Å². The van der Waals surface area contributed by atoms with Crippen LogP contribution in [-0.4, -0.2) is 42.7 Å². The molecule has 0 radical (unpaired) electrons. The molecule has 7 rings (SSSR count). The SMILES string of the molecule is COc1cc(OC)cc(-c2c(-c3cc(C#N)cc(C#N)c3)c(-c3cc(OC)cc(OC)c3)c(-c3cc(C#N)cc(C#N)c3)c(-c3cc(OC)cc(OC)c3)c2-c2cc(C#N)cc(C#N)c2)c1. The molecule has 0 saturated heterocycles. The Kier molecular flexibility index (Phi) is 12.8. The number of rotatable bonds is 12. The summed E-state index contributed by atoms with van der Waals surface area (Å²) in [6.07, 6.45) is 0. The Morgan fingerprint density at radius 3 is 0.515 bits per heavy atom. The topological polar surface area (TPSA) is 198 Å². The lowest BCUT2D eigenvalue weighted by Crippen LogP contribution is -2.04. The largest absolute Gasteiger partial charge is 0.497 e. The fraction of sp³-hybridized carbons (Fsp3) is 0.111. The summed E-state index contributed by atoms with van der Waals surface area (Å²) in [6, 6.07) is 43.7. The molecule has 7 aromatic rings. The molecule has 12 heteroatoms. The molecular weight excluding hydrogens is 829 g/mol. The predicted octanol–water partition coefficient (Wildman–Crippen LogP) is 11.0. The molecule has 318 valence electrons. The van der Waals surface area contributed by atoms with E-state index in [2.05, 4.69) is 36.4 Å². The van der Waals surface area contributed by atoms with E-state index in [1.165, 1.54) is 60.9 Å². The van der Waals surface area contributed by atoms with Crippen LogP contribution in [0.3, 0.4) is 0 Å². The van der Waals surface area contributed by atoms with Gasteiger partial charge < -0.3 is 28.4 Å². The smallest absolute Gasteiger partial charge is 0.123 e. The highest BCUT2D eigenvalue weighted by atomic mass is 16.5. The number of hydrogen-bond acceptors (Lipinski definition) is 12. The normalized spacial score (nSPS) is 10.2. The van der Waals surface area contributed by atoms with Crippen molar-refractivity contribution < 1.29 is 28.4 Å². The highest BCUT2D eigenvalue weighted by Crippen LogP contribution is 2.58. The van der Waals surface area contributed by atoms with Gasteiger partial charge in [-0.3, -0.25) is 0 Å². The zero-order valence-electron chi connectivity index (χ0n) is 36.5. The second-order valence-electron chi connectivity index (χ2n) is 14.6. The van der Waals surface area contributed by atoms with Gasteiger partial charge in [0.05, 0.1) is 112 Å². The third-order valence-corrected chi connectivity index (χ3v) is 10.9. The van der Waals surface area contributed by atoms with Crippen LogP contribution in [0.25, 0.3) is 66.8 Å². The highest BCUT2D eigenvalue weighted by molar-refractivity contribution is 6.16. The first-order valence-corrected chi connectivity index (χ1v) is 19.9. The van der Waals surface area contributed by atoms with Crippen LogP contribution < -0.4 is 28.4 Å². The molecule has 0 saturated carbocycles. The molecule has 0 fully saturated rings. The van der Waals surface area contributed by atoms with E-state index in [1.807, 2.05) is 0 Å². The standard InChI is InChI=1S/C54H36N6O6/c1-61-43-16-40(17-44(22-43)62-2)52-49(37-10-31(25-55)7-32(11-37)26-56)53(41-18-45(63-3)23-46(19-41)64-4)51(39-14-35(29-59)9-36(15-39)30-60)54(42-20-47(65-5)24-48(21-42)66-6)50(52)38-12-33(27-57)8-34(13-38)28-58/h7-24H,1-6H3. The Labute approximate surface area is 381 Å². The fourth-order valence-electron chi connectivity index (χ4n) is 8.04. The Bertz CT molecular complexity index is 2830. The van der Waals surface area contributed by atoms with Gasteiger partial charge in [-0.1, -0.05) is 0 Å². The van der Waals surface area contributed by atoms with Crippen molar-refractivity contribution in [3.05, 3.63) is 143 Å². The van der Waals surface area contributed by atoms with Crippen molar-refractivity contribution in [2.45, 2.75) is 0 Å². The maximum atomic E-state index is 10.5. The van der Waals surface area contributed by atoms with Crippen molar-refractivity contribution in [2.24, 2.45) is 0 Å². The molecule has 0 atom stereocenters. The van der Waals surface area contributed by atoms with Gasteiger partial charge in [-0.15, -0.1) is 0 Å². The number of benzene rings is 7. The van der Waals surface area contributed by atoms with Gasteiger partial charge in [0.1, 0.15) is 34.5 Å². The van der Waals surface area contributed by atoms with Gasteiger partial charge in [0.2, 0.25) is 0 Å². The summed E-state index contributed by atoms with van der Waals surface area (Å²) in [4.78, 5) is 0. The van der Waals surface area contributed by atoms with E-state index in [1.54, 1.807) is 91.0 Å². The number of ether oxygens (including phenoxy) is 6. The van der Waals surface area contributed by atoms with Crippen LogP contribution in [0.1, 0.15) is 33.4 Å². The van der Waals surface area contributed by atoms with Gasteiger partial charge in [0.15, 0.2) is 0 Å². The highest BCUT2D eigenvalue weighted by Gasteiger charge is 2.32. The van der Waals surface area contributed by atoms with Crippen LogP contribution in [-0.2, 0) is 0 Å². The third-order valence-electron chi connectivity index (χ3n) is 10.9. The minimum atomic E-state index is 0.175. The molecule has 0 spiro atoms. The van der Waals surface area contributed by atoms with Gasteiger partial charge in [-0.25, -0.2) is 0 Å². The summed E-state index contributed by atoms with van der Waals surface area (Å²) in [5.41, 5.74) is 6.56. The fourth-order valence-corrected chi connectivity index (χ4v) is 8.04. The van der Waals surface area contributed by atoms with Crippen molar-refractivity contribution in [1.29, 1.82) is 31.6 Å². The van der Waals surface area contributed by atoms with Crippen molar-refractivity contribution >= 4 is 0 Å². The first-order valence-electron chi connectivity index (χ1n) is 19.9. The molecule has 0 heterocycles. The molecule has 0 aliphatic carbocycles. The first kappa shape index (κ1) is 44.3. The summed E-state index contributed by atoms with van der Waals surface area (Å²) in [7, 11) is 9.12. The summed E-state index contributed by atoms with van der Waals surface area (Å²) >= 11 is 0. The minimum Gasteiger partial charge on any atom is -0.497 e. The van der Waals surface area contributed by atoms with E-state index >= 15 is 0 Å². The molecular formula is C54H36N6O6. The van der Waals surface area contributed by atoms with E-state index in [0.29, 0.717) is 101 Å². The average Bonchev–Trinajstić information content (AvgIpc) is 3.38. The third kappa shape index (κ3) is 8.55. The number of methoxy groups -OCH3 is 6. The van der Waals surface area contributed by atoms with E-state index in [0.717, 1.165) is 0 Å². The molecule has 0 aliphatic rings. The Morgan fingerprint density at radius 1 is 0.227 bits per heavy atom. The Balaban J connectivity index is 2.00. The van der Waals surface area contributed by atoms with E-state index in [9.17, 15) is 31.6 Å². The van der Waals surface area contributed by atoms with Crippen LogP contribution >= 0.6 is 0 Å².